The quantitative estimate of drug-likeness (QED) is 0.934. The average Bonchev–Trinajstić information content (AvgIpc) is 3.00. The molecule has 1 N–H and O–H groups in total. The number of nitrogens with zero attached hydrogens (tertiary/aromatic N) is 3. The van der Waals surface area contributed by atoms with E-state index in [-0.39, 0.29) is 5.91 Å². The van der Waals surface area contributed by atoms with Gasteiger partial charge in [-0.05, 0) is 30.4 Å². The van der Waals surface area contributed by atoms with Crippen LogP contribution in [-0.2, 0) is 13.0 Å². The van der Waals surface area contributed by atoms with E-state index in [1.807, 2.05) is 11.3 Å². The molecule has 1 atom stereocenters. The van der Waals surface area contributed by atoms with Gasteiger partial charge < -0.3 is 5.32 Å². The van der Waals surface area contributed by atoms with Crippen molar-refractivity contribution >= 4 is 17.2 Å². The van der Waals surface area contributed by atoms with E-state index >= 15 is 0 Å². The molecular formula is C15H18N4OS. The first-order valence-corrected chi connectivity index (χ1v) is 7.95. The fourth-order valence-electron chi connectivity index (χ4n) is 2.52. The third-order valence-corrected chi connectivity index (χ3v) is 4.84. The number of hydrogen-bond acceptors (Lipinski definition) is 5. The van der Waals surface area contributed by atoms with Gasteiger partial charge in [0, 0.05) is 42.9 Å². The first-order valence-electron chi connectivity index (χ1n) is 7.07. The summed E-state index contributed by atoms with van der Waals surface area (Å²) < 4.78 is 0. The summed E-state index contributed by atoms with van der Waals surface area (Å²) in [6, 6.07) is 2.51. The van der Waals surface area contributed by atoms with Crippen molar-refractivity contribution in [2.45, 2.75) is 25.9 Å². The van der Waals surface area contributed by atoms with Gasteiger partial charge in [0.15, 0.2) is 0 Å². The Kier molecular flexibility index (Phi) is 4.26. The summed E-state index contributed by atoms with van der Waals surface area (Å²) in [6.07, 6.45) is 5.68. The van der Waals surface area contributed by atoms with E-state index in [1.165, 1.54) is 22.8 Å². The molecule has 110 valence electrons. The summed E-state index contributed by atoms with van der Waals surface area (Å²) in [5.74, 6) is -0.164. The first-order chi connectivity index (χ1) is 10.2. The molecule has 0 aliphatic carbocycles. The molecule has 1 aliphatic heterocycles. The van der Waals surface area contributed by atoms with Crippen molar-refractivity contribution in [3.63, 3.8) is 0 Å². The molecule has 0 saturated heterocycles. The molecule has 2 aromatic rings. The van der Waals surface area contributed by atoms with Crippen LogP contribution in [0.3, 0.4) is 0 Å². The van der Waals surface area contributed by atoms with E-state index < -0.39 is 0 Å². The zero-order valence-electron chi connectivity index (χ0n) is 12.0. The lowest BCUT2D eigenvalue weighted by atomic mass is 10.1. The van der Waals surface area contributed by atoms with Gasteiger partial charge in [-0.15, -0.1) is 11.3 Å². The van der Waals surface area contributed by atoms with Crippen LogP contribution in [0.2, 0.25) is 0 Å². The molecular weight excluding hydrogens is 284 g/mol. The fraction of sp³-hybridized carbons (Fsp3) is 0.400. The third-order valence-electron chi connectivity index (χ3n) is 3.81. The minimum atomic E-state index is -0.164. The monoisotopic (exact) mass is 302 g/mol. The van der Waals surface area contributed by atoms with Crippen LogP contribution in [0.15, 0.2) is 30.0 Å². The molecule has 3 rings (SSSR count). The highest BCUT2D eigenvalue weighted by Crippen LogP contribution is 2.24. The SMILES string of the molecule is C[C@H](CNC(=O)c1cnccn1)N1CCc2sccc2C1. The summed E-state index contributed by atoms with van der Waals surface area (Å²) in [6.45, 7) is 4.79. The number of nitrogens with one attached hydrogen (secondary N) is 1. The maximum atomic E-state index is 12.0. The Hall–Kier alpha value is -1.79. The topological polar surface area (TPSA) is 58.1 Å². The van der Waals surface area contributed by atoms with E-state index in [0.717, 1.165) is 19.5 Å². The maximum absolute atomic E-state index is 12.0. The standard InChI is InChI=1S/C15H18N4OS/c1-11(8-18-15(20)13-9-16-4-5-17-13)19-6-2-14-12(10-19)3-7-21-14/h3-5,7,9,11H,2,6,8,10H2,1H3,(H,18,20)/t11-/m1/s1. The molecule has 1 amide bonds. The van der Waals surface area contributed by atoms with Crippen LogP contribution < -0.4 is 5.32 Å². The van der Waals surface area contributed by atoms with Gasteiger partial charge in [0.05, 0.1) is 6.20 Å². The average molecular weight is 302 g/mol. The molecule has 6 heteroatoms. The second kappa shape index (κ2) is 6.32. The summed E-state index contributed by atoms with van der Waals surface area (Å²) in [4.78, 5) is 23.8. The Morgan fingerprint density at radius 3 is 3.24 bits per heavy atom. The molecule has 0 aromatic carbocycles. The smallest absolute Gasteiger partial charge is 0.271 e. The number of aromatic nitrogens is 2. The van der Waals surface area contributed by atoms with Gasteiger partial charge in [0.2, 0.25) is 0 Å². The van der Waals surface area contributed by atoms with Crippen molar-refractivity contribution in [1.29, 1.82) is 0 Å². The largest absolute Gasteiger partial charge is 0.349 e. The molecule has 3 heterocycles. The number of hydrogen-bond donors (Lipinski definition) is 1. The van der Waals surface area contributed by atoms with E-state index in [1.54, 1.807) is 6.20 Å². The van der Waals surface area contributed by atoms with Crippen LogP contribution >= 0.6 is 11.3 Å². The molecule has 21 heavy (non-hydrogen) atoms. The Morgan fingerprint density at radius 2 is 2.43 bits per heavy atom. The molecule has 0 saturated carbocycles. The molecule has 0 bridgehead atoms. The van der Waals surface area contributed by atoms with Crippen molar-refractivity contribution in [1.82, 2.24) is 20.2 Å². The Bertz CT molecular complexity index is 613. The van der Waals surface area contributed by atoms with Gasteiger partial charge in [0.25, 0.3) is 5.91 Å². The van der Waals surface area contributed by atoms with Crippen LogP contribution in [0.25, 0.3) is 0 Å². The summed E-state index contributed by atoms with van der Waals surface area (Å²) >= 11 is 1.84. The van der Waals surface area contributed by atoms with Gasteiger partial charge in [-0.2, -0.15) is 0 Å². The van der Waals surface area contributed by atoms with Gasteiger partial charge in [-0.25, -0.2) is 4.98 Å². The van der Waals surface area contributed by atoms with Crippen molar-refractivity contribution in [2.24, 2.45) is 0 Å². The fourth-order valence-corrected chi connectivity index (χ4v) is 3.41. The van der Waals surface area contributed by atoms with Gasteiger partial charge in [-0.1, -0.05) is 0 Å². The van der Waals surface area contributed by atoms with Crippen LogP contribution in [0, 0.1) is 0 Å². The zero-order chi connectivity index (χ0) is 14.7. The van der Waals surface area contributed by atoms with Crippen molar-refractivity contribution in [2.75, 3.05) is 13.1 Å². The zero-order valence-corrected chi connectivity index (χ0v) is 12.8. The number of carbonyl (C=O) groups excluding carboxylic acids is 1. The molecule has 5 nitrogen and oxygen atoms in total. The molecule has 0 unspecified atom stereocenters. The van der Waals surface area contributed by atoms with Gasteiger partial charge in [-0.3, -0.25) is 14.7 Å². The minimum absolute atomic E-state index is 0.164. The molecule has 0 radical (unpaired) electrons. The van der Waals surface area contributed by atoms with E-state index in [9.17, 15) is 4.79 Å². The lowest BCUT2D eigenvalue weighted by Crippen LogP contribution is -2.44. The second-order valence-electron chi connectivity index (χ2n) is 5.24. The number of rotatable bonds is 4. The molecule has 2 aromatic heterocycles. The highest BCUT2D eigenvalue weighted by molar-refractivity contribution is 7.10. The van der Waals surface area contributed by atoms with Crippen molar-refractivity contribution in [3.8, 4) is 0 Å². The van der Waals surface area contributed by atoms with E-state index in [2.05, 4.69) is 38.6 Å². The molecule has 0 fully saturated rings. The summed E-state index contributed by atoms with van der Waals surface area (Å²) in [5.41, 5.74) is 1.79. The number of fused-ring (bicyclic) bond motifs is 1. The minimum Gasteiger partial charge on any atom is -0.349 e. The highest BCUT2D eigenvalue weighted by atomic mass is 32.1. The van der Waals surface area contributed by atoms with Gasteiger partial charge >= 0.3 is 0 Å². The predicted octanol–water partition coefficient (Wildman–Crippen LogP) is 1.71. The van der Waals surface area contributed by atoms with E-state index in [0.29, 0.717) is 18.3 Å². The predicted molar refractivity (Wildman–Crippen MR) is 82.3 cm³/mol. The van der Waals surface area contributed by atoms with Crippen LogP contribution in [-0.4, -0.2) is 39.9 Å². The third kappa shape index (κ3) is 3.28. The lowest BCUT2D eigenvalue weighted by molar-refractivity contribution is 0.0927. The molecule has 1 aliphatic rings. The van der Waals surface area contributed by atoms with Crippen LogP contribution in [0.4, 0.5) is 0 Å². The second-order valence-corrected chi connectivity index (χ2v) is 6.24. The maximum Gasteiger partial charge on any atom is 0.271 e. The van der Waals surface area contributed by atoms with Gasteiger partial charge in [0.1, 0.15) is 5.69 Å². The summed E-state index contributed by atoms with van der Waals surface area (Å²) in [7, 11) is 0. The van der Waals surface area contributed by atoms with Crippen LogP contribution in [0.1, 0.15) is 27.9 Å². The Balaban J connectivity index is 1.53. The van der Waals surface area contributed by atoms with E-state index in [4.69, 9.17) is 0 Å². The highest BCUT2D eigenvalue weighted by Gasteiger charge is 2.21. The molecule has 0 spiro atoms. The Morgan fingerprint density at radius 1 is 1.52 bits per heavy atom. The normalized spacial score (nSPS) is 16.2. The number of carbonyl (C=O) groups is 1. The summed E-state index contributed by atoms with van der Waals surface area (Å²) in [5, 5.41) is 5.09. The van der Waals surface area contributed by atoms with Crippen LogP contribution in [0.5, 0.6) is 0 Å². The number of thiophene rings is 1. The van der Waals surface area contributed by atoms with Crippen molar-refractivity contribution < 1.29 is 4.79 Å². The Labute approximate surface area is 128 Å². The lowest BCUT2D eigenvalue weighted by Gasteiger charge is -2.32. The first kappa shape index (κ1) is 14.2. The number of amides is 1. The van der Waals surface area contributed by atoms with Crippen molar-refractivity contribution in [3.05, 3.63) is 46.2 Å².